The van der Waals surface area contributed by atoms with E-state index in [-0.39, 0.29) is 35.2 Å². The molecule has 3 aliphatic rings. The number of carbonyl (C=O) groups is 2. The number of rotatable bonds is 3. The zero-order valence-electron chi connectivity index (χ0n) is 16.1. The molecule has 5 rings (SSSR count). The van der Waals surface area contributed by atoms with E-state index < -0.39 is 6.04 Å². The lowest BCUT2D eigenvalue weighted by Gasteiger charge is -2.35. The molecule has 0 saturated heterocycles. The van der Waals surface area contributed by atoms with Gasteiger partial charge >= 0.3 is 0 Å². The van der Waals surface area contributed by atoms with Gasteiger partial charge in [-0.25, -0.2) is 0 Å². The van der Waals surface area contributed by atoms with E-state index in [9.17, 15) is 14.7 Å². The highest BCUT2D eigenvalue weighted by molar-refractivity contribution is 6.11. The van der Waals surface area contributed by atoms with Crippen LogP contribution < -0.4 is 0 Å². The van der Waals surface area contributed by atoms with E-state index >= 15 is 0 Å². The van der Waals surface area contributed by atoms with Crippen molar-refractivity contribution >= 4 is 11.7 Å². The molecule has 1 saturated carbocycles. The lowest BCUT2D eigenvalue weighted by atomic mass is 9.77. The first kappa shape index (κ1) is 18.0. The van der Waals surface area contributed by atoms with Crippen LogP contribution in [0.25, 0.3) is 0 Å². The average Bonchev–Trinajstić information content (AvgIpc) is 3.02. The van der Waals surface area contributed by atoms with Crippen LogP contribution in [0, 0.1) is 5.92 Å². The minimum Gasteiger partial charge on any atom is -0.508 e. The quantitative estimate of drug-likeness (QED) is 0.865. The van der Waals surface area contributed by atoms with Gasteiger partial charge in [-0.3, -0.25) is 9.59 Å². The summed E-state index contributed by atoms with van der Waals surface area (Å²) in [4.78, 5) is 28.5. The topological polar surface area (TPSA) is 66.8 Å². The number of phenols is 1. The highest BCUT2D eigenvalue weighted by Gasteiger charge is 2.51. The summed E-state index contributed by atoms with van der Waals surface area (Å²) in [6.07, 6.45) is 3.50. The lowest BCUT2D eigenvalue weighted by Crippen LogP contribution is -2.39. The molecule has 1 N–H and O–H groups in total. The molecule has 1 fully saturated rings. The van der Waals surface area contributed by atoms with Crippen molar-refractivity contribution in [1.29, 1.82) is 0 Å². The van der Waals surface area contributed by atoms with Crippen LogP contribution in [0.1, 0.15) is 42.9 Å². The normalized spacial score (nSPS) is 26.2. The third-order valence-corrected chi connectivity index (χ3v) is 6.26. The van der Waals surface area contributed by atoms with Crippen LogP contribution in [-0.4, -0.2) is 27.8 Å². The summed E-state index contributed by atoms with van der Waals surface area (Å²) in [6.45, 7) is 0.393. The molecule has 2 aliphatic heterocycles. The van der Waals surface area contributed by atoms with E-state index in [0.717, 1.165) is 36.8 Å². The third kappa shape index (κ3) is 3.01. The van der Waals surface area contributed by atoms with Gasteiger partial charge in [-0.05, 0) is 42.5 Å². The average molecular weight is 389 g/mol. The zero-order valence-corrected chi connectivity index (χ0v) is 16.1. The standard InChI is InChI=1S/C24H23NO4/c26-17-12-10-16(11-13-17)21-20-22(27)18-8-4-5-9-19(18)29-23(20)24(28)25(21)14-15-6-2-1-3-7-15/h1-3,6-7,10-13,18-19,21,26H,4-5,8-9,14H2. The Morgan fingerprint density at radius 2 is 1.69 bits per heavy atom. The van der Waals surface area contributed by atoms with Gasteiger partial charge in [0.1, 0.15) is 11.9 Å². The van der Waals surface area contributed by atoms with Crippen molar-refractivity contribution in [3.63, 3.8) is 0 Å². The SMILES string of the molecule is O=C1C2=C(OC3CCCCC13)C(=O)N(Cc1ccccc1)C2c1ccc(O)cc1. The van der Waals surface area contributed by atoms with Crippen LogP contribution in [0.5, 0.6) is 5.75 Å². The van der Waals surface area contributed by atoms with E-state index in [2.05, 4.69) is 0 Å². The molecule has 0 aromatic heterocycles. The van der Waals surface area contributed by atoms with Crippen molar-refractivity contribution in [2.45, 2.75) is 44.4 Å². The van der Waals surface area contributed by atoms with Crippen molar-refractivity contribution in [3.8, 4) is 5.75 Å². The van der Waals surface area contributed by atoms with Gasteiger partial charge in [0.2, 0.25) is 0 Å². The molecule has 2 aromatic rings. The minimum absolute atomic E-state index is 0.0536. The summed E-state index contributed by atoms with van der Waals surface area (Å²) in [5.41, 5.74) is 2.29. The summed E-state index contributed by atoms with van der Waals surface area (Å²) in [5.74, 6) is 0.0523. The number of ketones is 1. The van der Waals surface area contributed by atoms with E-state index in [4.69, 9.17) is 4.74 Å². The molecule has 1 amide bonds. The molecule has 3 unspecified atom stereocenters. The van der Waals surface area contributed by atoms with Crippen LogP contribution in [0.2, 0.25) is 0 Å². The summed E-state index contributed by atoms with van der Waals surface area (Å²) in [5, 5.41) is 9.71. The summed E-state index contributed by atoms with van der Waals surface area (Å²) < 4.78 is 6.16. The Kier molecular flexibility index (Phi) is 4.38. The predicted molar refractivity (Wildman–Crippen MR) is 107 cm³/mol. The number of benzene rings is 2. The first-order chi connectivity index (χ1) is 14.1. The van der Waals surface area contributed by atoms with Crippen LogP contribution in [0.15, 0.2) is 65.9 Å². The number of ether oxygens (including phenoxy) is 1. The fourth-order valence-corrected chi connectivity index (χ4v) is 4.84. The minimum atomic E-state index is -0.492. The van der Waals surface area contributed by atoms with E-state index in [0.29, 0.717) is 12.1 Å². The fraction of sp³-hybridized carbons (Fsp3) is 0.333. The van der Waals surface area contributed by atoms with Crippen LogP contribution in [0.4, 0.5) is 0 Å². The maximum atomic E-state index is 13.5. The Bertz CT molecular complexity index is 980. The van der Waals surface area contributed by atoms with Crippen LogP contribution >= 0.6 is 0 Å². The maximum Gasteiger partial charge on any atom is 0.290 e. The molecular weight excluding hydrogens is 366 g/mol. The van der Waals surface area contributed by atoms with Gasteiger partial charge in [0.15, 0.2) is 11.5 Å². The van der Waals surface area contributed by atoms with Crippen molar-refractivity contribution in [2.24, 2.45) is 5.92 Å². The Labute approximate surface area is 169 Å². The molecule has 148 valence electrons. The molecular formula is C24H23NO4. The number of Topliss-reactive ketones (excluding diaryl/α,β-unsaturated/α-hetero) is 1. The van der Waals surface area contributed by atoms with E-state index in [1.54, 1.807) is 29.2 Å². The number of hydrogen-bond donors (Lipinski definition) is 1. The Hall–Kier alpha value is -3.08. The summed E-state index contributed by atoms with van der Waals surface area (Å²) in [6, 6.07) is 16.0. The summed E-state index contributed by atoms with van der Waals surface area (Å²) >= 11 is 0. The molecule has 3 atom stereocenters. The molecule has 2 aromatic carbocycles. The molecule has 2 heterocycles. The van der Waals surface area contributed by atoms with Gasteiger partial charge in [-0.1, -0.05) is 48.9 Å². The maximum absolute atomic E-state index is 13.5. The second-order valence-electron chi connectivity index (χ2n) is 8.07. The predicted octanol–water partition coefficient (Wildman–Crippen LogP) is 3.89. The molecule has 1 aliphatic carbocycles. The van der Waals surface area contributed by atoms with Gasteiger partial charge in [0, 0.05) is 6.54 Å². The van der Waals surface area contributed by atoms with Crippen LogP contribution in [0.3, 0.4) is 0 Å². The third-order valence-electron chi connectivity index (χ3n) is 6.26. The largest absolute Gasteiger partial charge is 0.508 e. The molecule has 5 nitrogen and oxygen atoms in total. The van der Waals surface area contributed by atoms with Gasteiger partial charge in [0.25, 0.3) is 5.91 Å². The monoisotopic (exact) mass is 389 g/mol. The molecule has 29 heavy (non-hydrogen) atoms. The highest BCUT2D eigenvalue weighted by atomic mass is 16.5. The Morgan fingerprint density at radius 1 is 0.966 bits per heavy atom. The zero-order chi connectivity index (χ0) is 20.0. The highest BCUT2D eigenvalue weighted by Crippen LogP contribution is 2.47. The molecule has 5 heteroatoms. The second-order valence-corrected chi connectivity index (χ2v) is 8.07. The lowest BCUT2D eigenvalue weighted by molar-refractivity contribution is -0.135. The second kappa shape index (κ2) is 7.07. The van der Waals surface area contributed by atoms with Crippen LogP contribution in [-0.2, 0) is 20.9 Å². The number of phenolic OH excluding ortho intramolecular Hbond substituents is 1. The van der Waals surface area contributed by atoms with Crippen molar-refractivity contribution < 1.29 is 19.4 Å². The van der Waals surface area contributed by atoms with Crippen molar-refractivity contribution in [1.82, 2.24) is 4.90 Å². The summed E-state index contributed by atoms with van der Waals surface area (Å²) in [7, 11) is 0. The van der Waals surface area contributed by atoms with E-state index in [1.165, 1.54) is 0 Å². The van der Waals surface area contributed by atoms with Gasteiger partial charge < -0.3 is 14.7 Å². The first-order valence-corrected chi connectivity index (χ1v) is 10.2. The fourth-order valence-electron chi connectivity index (χ4n) is 4.84. The van der Waals surface area contributed by atoms with Gasteiger partial charge in [0.05, 0.1) is 17.5 Å². The number of amides is 1. The Morgan fingerprint density at radius 3 is 2.45 bits per heavy atom. The number of fused-ring (bicyclic) bond motifs is 1. The van der Waals surface area contributed by atoms with Crippen molar-refractivity contribution in [3.05, 3.63) is 77.1 Å². The first-order valence-electron chi connectivity index (χ1n) is 10.2. The number of nitrogens with zero attached hydrogens (tertiary/aromatic N) is 1. The number of carbonyl (C=O) groups excluding carboxylic acids is 2. The van der Waals surface area contributed by atoms with E-state index in [1.807, 2.05) is 30.3 Å². The molecule has 0 spiro atoms. The van der Waals surface area contributed by atoms with Gasteiger partial charge in [-0.2, -0.15) is 0 Å². The number of aromatic hydroxyl groups is 1. The van der Waals surface area contributed by atoms with Gasteiger partial charge in [-0.15, -0.1) is 0 Å². The molecule has 0 bridgehead atoms. The Balaban J connectivity index is 1.58. The smallest absolute Gasteiger partial charge is 0.290 e. The van der Waals surface area contributed by atoms with Crippen molar-refractivity contribution in [2.75, 3.05) is 0 Å². The number of hydrogen-bond acceptors (Lipinski definition) is 4. The molecule has 0 radical (unpaired) electrons.